The molecule has 2 aliphatic heterocycles. The van der Waals surface area contributed by atoms with Crippen molar-refractivity contribution in [1.29, 1.82) is 0 Å². The van der Waals surface area contributed by atoms with Gasteiger partial charge < -0.3 is 19.7 Å². The van der Waals surface area contributed by atoms with Gasteiger partial charge in [0.15, 0.2) is 6.61 Å². The van der Waals surface area contributed by atoms with Crippen molar-refractivity contribution in [2.75, 3.05) is 56.2 Å². The second-order valence-corrected chi connectivity index (χ2v) is 7.67. The number of piperazine rings is 1. The number of unbranched alkanes of at least 4 members (excludes halogenated alkanes) is 1. The summed E-state index contributed by atoms with van der Waals surface area (Å²) in [6.07, 6.45) is 2.13. The standard InChI is InChI=1S/C23H29N3O3.ClH/c1-18-6-2-3-7-21(18)26-13-11-25(12-14-26)10-4-5-15-28-19-8-9-22-20(16-19)24-23(27)17-29-22;/h2-3,6-9,16H,4-5,10-15,17H2,1H3,(H,24,27);1H. The molecule has 0 spiro atoms. The molecule has 6 nitrogen and oxygen atoms in total. The summed E-state index contributed by atoms with van der Waals surface area (Å²) in [6.45, 7) is 8.45. The highest BCUT2D eigenvalue weighted by Gasteiger charge is 2.18. The van der Waals surface area contributed by atoms with E-state index in [1.165, 1.54) is 11.3 Å². The molecule has 2 aliphatic rings. The minimum absolute atomic E-state index is 0. The van der Waals surface area contributed by atoms with Gasteiger partial charge in [0.1, 0.15) is 11.5 Å². The van der Waals surface area contributed by atoms with Gasteiger partial charge in [0, 0.05) is 37.9 Å². The molecule has 2 heterocycles. The third-order valence-electron chi connectivity index (χ3n) is 5.55. The zero-order chi connectivity index (χ0) is 20.1. The predicted octanol–water partition coefficient (Wildman–Crippen LogP) is 3.73. The molecule has 0 aromatic heterocycles. The van der Waals surface area contributed by atoms with E-state index in [1.54, 1.807) is 0 Å². The van der Waals surface area contributed by atoms with Gasteiger partial charge in [-0.05, 0) is 50.1 Å². The Labute approximate surface area is 184 Å². The lowest BCUT2D eigenvalue weighted by atomic mass is 10.1. The van der Waals surface area contributed by atoms with Gasteiger partial charge in [-0.3, -0.25) is 9.69 Å². The number of carbonyl (C=O) groups is 1. The molecule has 1 saturated heterocycles. The van der Waals surface area contributed by atoms with E-state index in [2.05, 4.69) is 46.3 Å². The zero-order valence-corrected chi connectivity index (χ0v) is 18.2. The Balaban J connectivity index is 0.00000256. The number of nitrogens with zero attached hydrogens (tertiary/aromatic N) is 2. The smallest absolute Gasteiger partial charge is 0.262 e. The second kappa shape index (κ2) is 10.5. The number of halogens is 1. The maximum Gasteiger partial charge on any atom is 0.262 e. The average Bonchev–Trinajstić information content (AvgIpc) is 2.74. The molecule has 0 bridgehead atoms. The third-order valence-corrected chi connectivity index (χ3v) is 5.55. The number of fused-ring (bicyclic) bond motifs is 1. The highest BCUT2D eigenvalue weighted by atomic mass is 35.5. The number of amides is 1. The zero-order valence-electron chi connectivity index (χ0n) is 17.4. The van der Waals surface area contributed by atoms with Gasteiger partial charge >= 0.3 is 0 Å². The van der Waals surface area contributed by atoms with Crippen molar-refractivity contribution in [3.05, 3.63) is 48.0 Å². The summed E-state index contributed by atoms with van der Waals surface area (Å²) in [5, 5.41) is 2.81. The molecule has 0 saturated carbocycles. The molecule has 0 atom stereocenters. The third kappa shape index (κ3) is 5.58. The Hall–Kier alpha value is -2.44. The number of rotatable bonds is 7. The van der Waals surface area contributed by atoms with Crippen molar-refractivity contribution >= 4 is 29.7 Å². The van der Waals surface area contributed by atoms with E-state index in [1.807, 2.05) is 18.2 Å². The van der Waals surface area contributed by atoms with Crippen LogP contribution in [0.2, 0.25) is 0 Å². The van der Waals surface area contributed by atoms with E-state index in [0.717, 1.165) is 51.3 Å². The molecule has 162 valence electrons. The molecule has 2 aromatic rings. The van der Waals surface area contributed by atoms with Crippen LogP contribution in [0.4, 0.5) is 11.4 Å². The highest BCUT2D eigenvalue weighted by Crippen LogP contribution is 2.31. The topological polar surface area (TPSA) is 54.0 Å². The van der Waals surface area contributed by atoms with Gasteiger partial charge in [-0.25, -0.2) is 0 Å². The summed E-state index contributed by atoms with van der Waals surface area (Å²) in [5.74, 6) is 1.33. The van der Waals surface area contributed by atoms with E-state index < -0.39 is 0 Å². The monoisotopic (exact) mass is 431 g/mol. The largest absolute Gasteiger partial charge is 0.494 e. The molecule has 0 aliphatic carbocycles. The summed E-state index contributed by atoms with van der Waals surface area (Å²) >= 11 is 0. The maximum absolute atomic E-state index is 11.4. The van der Waals surface area contributed by atoms with Crippen LogP contribution in [-0.2, 0) is 4.79 Å². The van der Waals surface area contributed by atoms with Crippen LogP contribution < -0.4 is 19.7 Å². The van der Waals surface area contributed by atoms with Crippen molar-refractivity contribution in [2.45, 2.75) is 19.8 Å². The van der Waals surface area contributed by atoms with Crippen LogP contribution in [0.3, 0.4) is 0 Å². The highest BCUT2D eigenvalue weighted by molar-refractivity contribution is 5.95. The number of ether oxygens (including phenoxy) is 2. The van der Waals surface area contributed by atoms with Crippen LogP contribution in [0.25, 0.3) is 0 Å². The molecule has 1 fully saturated rings. The fraction of sp³-hybridized carbons (Fsp3) is 0.435. The molecule has 30 heavy (non-hydrogen) atoms. The van der Waals surface area contributed by atoms with E-state index in [4.69, 9.17) is 9.47 Å². The first kappa shape index (κ1) is 22.2. The molecule has 7 heteroatoms. The van der Waals surface area contributed by atoms with Gasteiger partial charge in [0.2, 0.25) is 0 Å². The van der Waals surface area contributed by atoms with Crippen molar-refractivity contribution < 1.29 is 14.3 Å². The predicted molar refractivity (Wildman–Crippen MR) is 122 cm³/mol. The summed E-state index contributed by atoms with van der Waals surface area (Å²) < 4.78 is 11.2. The fourth-order valence-corrected chi connectivity index (χ4v) is 3.91. The minimum Gasteiger partial charge on any atom is -0.494 e. The van der Waals surface area contributed by atoms with Crippen molar-refractivity contribution in [3.63, 3.8) is 0 Å². The van der Waals surface area contributed by atoms with Gasteiger partial charge in [-0.2, -0.15) is 0 Å². The minimum atomic E-state index is -0.128. The summed E-state index contributed by atoms with van der Waals surface area (Å²) in [4.78, 5) is 16.5. The number of nitrogens with one attached hydrogen (secondary N) is 1. The Morgan fingerprint density at radius 1 is 1.07 bits per heavy atom. The maximum atomic E-state index is 11.4. The average molecular weight is 432 g/mol. The Bertz CT molecular complexity index is 853. The quantitative estimate of drug-likeness (QED) is 0.677. The van der Waals surface area contributed by atoms with E-state index in [9.17, 15) is 4.79 Å². The van der Waals surface area contributed by atoms with Crippen LogP contribution in [0, 0.1) is 6.92 Å². The van der Waals surface area contributed by atoms with Gasteiger partial charge in [0.05, 0.1) is 12.3 Å². The Kier molecular flexibility index (Phi) is 7.82. The Morgan fingerprint density at radius 2 is 1.87 bits per heavy atom. The number of hydrogen-bond donors (Lipinski definition) is 1. The lowest BCUT2D eigenvalue weighted by molar-refractivity contribution is -0.118. The van der Waals surface area contributed by atoms with E-state index in [-0.39, 0.29) is 24.9 Å². The first-order valence-electron chi connectivity index (χ1n) is 10.4. The molecule has 1 N–H and O–H groups in total. The number of carbonyl (C=O) groups excluding carboxylic acids is 1. The molecular formula is C23H30ClN3O3. The van der Waals surface area contributed by atoms with Crippen molar-refractivity contribution in [1.82, 2.24) is 4.90 Å². The number of anilines is 2. The van der Waals surface area contributed by atoms with Crippen LogP contribution in [0.1, 0.15) is 18.4 Å². The van der Waals surface area contributed by atoms with Crippen LogP contribution in [-0.4, -0.2) is 56.7 Å². The van der Waals surface area contributed by atoms with Crippen molar-refractivity contribution in [3.8, 4) is 11.5 Å². The van der Waals surface area contributed by atoms with Crippen molar-refractivity contribution in [2.24, 2.45) is 0 Å². The van der Waals surface area contributed by atoms with Gasteiger partial charge in [-0.1, -0.05) is 18.2 Å². The van der Waals surface area contributed by atoms with Crippen LogP contribution in [0.15, 0.2) is 42.5 Å². The first-order chi connectivity index (χ1) is 14.2. The Morgan fingerprint density at radius 3 is 2.67 bits per heavy atom. The first-order valence-corrected chi connectivity index (χ1v) is 10.4. The second-order valence-electron chi connectivity index (χ2n) is 7.67. The van der Waals surface area contributed by atoms with Gasteiger partial charge in [-0.15, -0.1) is 12.4 Å². The molecule has 2 aromatic carbocycles. The SMILES string of the molecule is Cc1ccccc1N1CCN(CCCCOc2ccc3c(c2)NC(=O)CO3)CC1.Cl. The van der Waals surface area contributed by atoms with Crippen LogP contribution >= 0.6 is 12.4 Å². The molecular weight excluding hydrogens is 402 g/mol. The van der Waals surface area contributed by atoms with Gasteiger partial charge in [0.25, 0.3) is 5.91 Å². The number of para-hydroxylation sites is 1. The molecule has 1 amide bonds. The normalized spacial score (nSPS) is 16.2. The molecule has 4 rings (SSSR count). The number of hydrogen-bond acceptors (Lipinski definition) is 5. The summed E-state index contributed by atoms with van der Waals surface area (Å²) in [7, 11) is 0. The summed E-state index contributed by atoms with van der Waals surface area (Å²) in [6, 6.07) is 14.2. The molecule has 0 radical (unpaired) electrons. The lowest BCUT2D eigenvalue weighted by Crippen LogP contribution is -2.46. The van der Waals surface area contributed by atoms with Crippen LogP contribution in [0.5, 0.6) is 11.5 Å². The molecule has 0 unspecified atom stereocenters. The number of benzene rings is 2. The lowest BCUT2D eigenvalue weighted by Gasteiger charge is -2.36. The van der Waals surface area contributed by atoms with E-state index >= 15 is 0 Å². The summed E-state index contributed by atoms with van der Waals surface area (Å²) in [5.41, 5.74) is 3.41. The fourth-order valence-electron chi connectivity index (χ4n) is 3.91. The van der Waals surface area contributed by atoms with E-state index in [0.29, 0.717) is 18.0 Å². The number of aryl methyl sites for hydroxylation is 1.